The molecule has 2 rings (SSSR count). The molecule has 1 unspecified atom stereocenters. The second kappa shape index (κ2) is 6.92. The van der Waals surface area contributed by atoms with E-state index in [9.17, 15) is 4.79 Å². The molecule has 2 atom stereocenters. The van der Waals surface area contributed by atoms with Gasteiger partial charge < -0.3 is 15.0 Å². The Morgan fingerprint density at radius 3 is 2.95 bits per heavy atom. The van der Waals surface area contributed by atoms with E-state index in [1.54, 1.807) is 4.90 Å². The second-order valence-corrected chi connectivity index (χ2v) is 5.02. The van der Waals surface area contributed by atoms with Crippen LogP contribution < -0.4 is 5.32 Å². The first-order chi connectivity index (χ1) is 9.70. The van der Waals surface area contributed by atoms with Crippen LogP contribution >= 0.6 is 0 Å². The molecule has 0 spiro atoms. The summed E-state index contributed by atoms with van der Waals surface area (Å²) in [5.74, 6) is 0. The van der Waals surface area contributed by atoms with Gasteiger partial charge in [0.25, 0.3) is 0 Å². The van der Waals surface area contributed by atoms with Crippen LogP contribution in [0.25, 0.3) is 0 Å². The van der Waals surface area contributed by atoms with Crippen molar-refractivity contribution in [3.63, 3.8) is 0 Å². The Hall–Kier alpha value is -2.06. The van der Waals surface area contributed by atoms with Crippen molar-refractivity contribution in [2.24, 2.45) is 0 Å². The summed E-state index contributed by atoms with van der Waals surface area (Å²) in [4.78, 5) is 13.8. The highest BCUT2D eigenvalue weighted by atomic mass is 16.6. The van der Waals surface area contributed by atoms with Crippen molar-refractivity contribution in [2.75, 3.05) is 13.1 Å². The van der Waals surface area contributed by atoms with E-state index in [-0.39, 0.29) is 24.8 Å². The van der Waals surface area contributed by atoms with Gasteiger partial charge in [0.1, 0.15) is 6.61 Å². The molecule has 0 radical (unpaired) electrons. The predicted molar refractivity (Wildman–Crippen MR) is 74.8 cm³/mol. The highest BCUT2D eigenvalue weighted by molar-refractivity contribution is 5.68. The summed E-state index contributed by atoms with van der Waals surface area (Å²) in [6.45, 7) is 3.48. The van der Waals surface area contributed by atoms with Gasteiger partial charge >= 0.3 is 6.09 Å². The lowest BCUT2D eigenvalue weighted by atomic mass is 10.1. The van der Waals surface area contributed by atoms with Crippen molar-refractivity contribution >= 4 is 6.09 Å². The lowest BCUT2D eigenvalue weighted by molar-refractivity contribution is 0.0656. The smallest absolute Gasteiger partial charge is 0.410 e. The summed E-state index contributed by atoms with van der Waals surface area (Å²) in [5.41, 5.74) is 0.959. The van der Waals surface area contributed by atoms with Gasteiger partial charge in [0, 0.05) is 19.1 Å². The molecule has 5 nitrogen and oxygen atoms in total. The molecule has 1 N–H and O–H groups in total. The molecule has 20 heavy (non-hydrogen) atoms. The van der Waals surface area contributed by atoms with Crippen molar-refractivity contribution in [3.05, 3.63) is 35.9 Å². The number of carbonyl (C=O) groups excluding carboxylic acids is 1. The van der Waals surface area contributed by atoms with E-state index in [1.807, 2.05) is 37.3 Å². The topological polar surface area (TPSA) is 65.4 Å². The van der Waals surface area contributed by atoms with Crippen molar-refractivity contribution in [3.8, 4) is 6.07 Å². The standard InChI is InChI=1S/C15H19N3O2/c1-12-10-18(14(7-8-16)9-17-12)15(19)20-11-13-5-3-2-4-6-13/h2-6,12,14,17H,7,9-11H2,1H3/t12?,14-/m1/s1. The Bertz CT molecular complexity index is 484. The number of piperazine rings is 1. The average Bonchev–Trinajstić information content (AvgIpc) is 2.48. The maximum Gasteiger partial charge on any atom is 0.410 e. The predicted octanol–water partition coefficient (Wildman–Crippen LogP) is 1.90. The molecule has 1 saturated heterocycles. The zero-order chi connectivity index (χ0) is 14.4. The van der Waals surface area contributed by atoms with Crippen LogP contribution in [0.1, 0.15) is 18.9 Å². The Kier molecular flexibility index (Phi) is 4.97. The van der Waals surface area contributed by atoms with Gasteiger partial charge in [-0.05, 0) is 12.5 Å². The molecule has 0 aromatic heterocycles. The first kappa shape index (κ1) is 14.4. The number of benzene rings is 1. The zero-order valence-corrected chi connectivity index (χ0v) is 11.6. The number of carbonyl (C=O) groups is 1. The van der Waals surface area contributed by atoms with E-state index in [2.05, 4.69) is 11.4 Å². The minimum atomic E-state index is -0.345. The summed E-state index contributed by atoms with van der Waals surface area (Å²) in [6, 6.07) is 11.8. The molecule has 1 amide bonds. The third kappa shape index (κ3) is 3.72. The average molecular weight is 273 g/mol. The third-order valence-corrected chi connectivity index (χ3v) is 3.38. The molecule has 1 aliphatic heterocycles. The van der Waals surface area contributed by atoms with Crippen LogP contribution in [-0.4, -0.2) is 36.2 Å². The molecule has 0 aliphatic carbocycles. The SMILES string of the molecule is CC1CN(C(=O)OCc2ccccc2)[C@H](CC#N)CN1. The minimum absolute atomic E-state index is 0.112. The van der Waals surface area contributed by atoms with Gasteiger partial charge in [-0.3, -0.25) is 0 Å². The molecule has 1 aromatic rings. The Morgan fingerprint density at radius 1 is 1.50 bits per heavy atom. The number of hydrogen-bond donors (Lipinski definition) is 1. The lowest BCUT2D eigenvalue weighted by Gasteiger charge is -2.37. The fourth-order valence-electron chi connectivity index (χ4n) is 2.27. The summed E-state index contributed by atoms with van der Waals surface area (Å²) in [6.07, 6.45) is -0.0254. The van der Waals surface area contributed by atoms with E-state index < -0.39 is 0 Å². The molecule has 1 heterocycles. The van der Waals surface area contributed by atoms with Crippen molar-refractivity contribution in [1.29, 1.82) is 5.26 Å². The Labute approximate surface area is 119 Å². The molecular formula is C15H19N3O2. The largest absolute Gasteiger partial charge is 0.445 e. The number of nitrogens with zero attached hydrogens (tertiary/aromatic N) is 2. The molecule has 1 fully saturated rings. The van der Waals surface area contributed by atoms with Crippen LogP contribution in [0.5, 0.6) is 0 Å². The molecular weight excluding hydrogens is 254 g/mol. The van der Waals surface area contributed by atoms with Gasteiger partial charge in [0.2, 0.25) is 0 Å². The highest BCUT2D eigenvalue weighted by Crippen LogP contribution is 2.13. The summed E-state index contributed by atoms with van der Waals surface area (Å²) in [7, 11) is 0. The molecule has 5 heteroatoms. The number of ether oxygens (including phenoxy) is 1. The van der Waals surface area contributed by atoms with E-state index >= 15 is 0 Å². The number of nitriles is 1. The maximum absolute atomic E-state index is 12.2. The quantitative estimate of drug-likeness (QED) is 0.913. The molecule has 106 valence electrons. The molecule has 1 aliphatic rings. The van der Waals surface area contributed by atoms with Gasteiger partial charge in [-0.1, -0.05) is 30.3 Å². The van der Waals surface area contributed by atoms with E-state index in [0.717, 1.165) is 5.56 Å². The van der Waals surface area contributed by atoms with Crippen molar-refractivity contribution < 1.29 is 9.53 Å². The Morgan fingerprint density at radius 2 is 2.25 bits per heavy atom. The van der Waals surface area contributed by atoms with Crippen molar-refractivity contribution in [1.82, 2.24) is 10.2 Å². The first-order valence-corrected chi connectivity index (χ1v) is 6.78. The fraction of sp³-hybridized carbons (Fsp3) is 0.467. The third-order valence-electron chi connectivity index (χ3n) is 3.38. The number of amides is 1. The van der Waals surface area contributed by atoms with Crippen LogP contribution in [0.2, 0.25) is 0 Å². The normalized spacial score (nSPS) is 22.1. The van der Waals surface area contributed by atoms with Gasteiger partial charge in [0.05, 0.1) is 18.5 Å². The van der Waals surface area contributed by atoms with Crippen LogP contribution in [0.15, 0.2) is 30.3 Å². The number of rotatable bonds is 3. The van der Waals surface area contributed by atoms with Crippen LogP contribution in [0.4, 0.5) is 4.79 Å². The van der Waals surface area contributed by atoms with E-state index in [4.69, 9.17) is 10.00 Å². The van der Waals surface area contributed by atoms with Crippen LogP contribution in [0.3, 0.4) is 0 Å². The van der Waals surface area contributed by atoms with Gasteiger partial charge in [-0.25, -0.2) is 4.79 Å². The van der Waals surface area contributed by atoms with Crippen LogP contribution in [-0.2, 0) is 11.3 Å². The number of nitrogens with one attached hydrogen (secondary N) is 1. The van der Waals surface area contributed by atoms with E-state index in [1.165, 1.54) is 0 Å². The molecule has 1 aromatic carbocycles. The first-order valence-electron chi connectivity index (χ1n) is 6.78. The monoisotopic (exact) mass is 273 g/mol. The fourth-order valence-corrected chi connectivity index (χ4v) is 2.27. The summed E-state index contributed by atoms with van der Waals surface area (Å²) >= 11 is 0. The number of hydrogen-bond acceptors (Lipinski definition) is 4. The van der Waals surface area contributed by atoms with Crippen molar-refractivity contribution in [2.45, 2.75) is 32.0 Å². The minimum Gasteiger partial charge on any atom is -0.445 e. The molecule has 0 saturated carbocycles. The van der Waals surface area contributed by atoms with Gasteiger partial charge in [-0.2, -0.15) is 5.26 Å². The van der Waals surface area contributed by atoms with Crippen LogP contribution in [0, 0.1) is 11.3 Å². The lowest BCUT2D eigenvalue weighted by Crippen LogP contribution is -2.57. The summed E-state index contributed by atoms with van der Waals surface area (Å²) in [5, 5.41) is 12.1. The van der Waals surface area contributed by atoms with Gasteiger partial charge in [0.15, 0.2) is 0 Å². The maximum atomic E-state index is 12.2. The van der Waals surface area contributed by atoms with E-state index in [0.29, 0.717) is 19.5 Å². The Balaban J connectivity index is 1.93. The highest BCUT2D eigenvalue weighted by Gasteiger charge is 2.30. The van der Waals surface area contributed by atoms with Gasteiger partial charge in [-0.15, -0.1) is 0 Å². The summed E-state index contributed by atoms with van der Waals surface area (Å²) < 4.78 is 5.34. The second-order valence-electron chi connectivity index (χ2n) is 5.02. The zero-order valence-electron chi connectivity index (χ0n) is 11.6. The molecule has 0 bridgehead atoms.